The summed E-state index contributed by atoms with van der Waals surface area (Å²) < 4.78 is 5.34. The highest BCUT2D eigenvalue weighted by Crippen LogP contribution is 2.60. The van der Waals surface area contributed by atoms with E-state index < -0.39 is 0 Å². The number of hydrogen-bond donors (Lipinski definition) is 0. The van der Waals surface area contributed by atoms with Gasteiger partial charge in [-0.05, 0) is 48.9 Å². The van der Waals surface area contributed by atoms with E-state index in [1.54, 1.807) is 24.3 Å². The van der Waals surface area contributed by atoms with Gasteiger partial charge in [-0.1, -0.05) is 51.6 Å². The maximum atomic E-state index is 13.0. The van der Waals surface area contributed by atoms with Gasteiger partial charge in [-0.3, -0.25) is 19.3 Å². The third-order valence-corrected chi connectivity index (χ3v) is 9.50. The molecule has 0 spiro atoms. The number of esters is 1. The summed E-state index contributed by atoms with van der Waals surface area (Å²) in [6, 6.07) is 6.67. The third kappa shape index (κ3) is 3.24. The van der Waals surface area contributed by atoms with Crippen molar-refractivity contribution in [2.24, 2.45) is 23.7 Å². The third-order valence-electron chi connectivity index (χ3n) is 6.30. The van der Waals surface area contributed by atoms with E-state index in [1.165, 1.54) is 4.90 Å². The van der Waals surface area contributed by atoms with Crippen molar-refractivity contribution in [3.05, 3.63) is 24.3 Å². The van der Waals surface area contributed by atoms with Crippen LogP contribution in [0.5, 0.6) is 5.75 Å². The number of benzene rings is 1. The normalized spacial score (nSPS) is 33.5. The van der Waals surface area contributed by atoms with Crippen molar-refractivity contribution in [2.75, 3.05) is 4.90 Å². The lowest BCUT2D eigenvalue weighted by Gasteiger charge is -2.28. The number of unbranched alkanes of at least 4 members (excludes halogenated alkanes) is 2. The van der Waals surface area contributed by atoms with Crippen LogP contribution in [-0.2, 0) is 14.4 Å². The highest BCUT2D eigenvalue weighted by molar-refractivity contribution is 9.12. The van der Waals surface area contributed by atoms with E-state index in [0.29, 0.717) is 17.9 Å². The molecule has 1 saturated heterocycles. The molecule has 0 radical (unpaired) electrons. The van der Waals surface area contributed by atoms with E-state index in [9.17, 15) is 14.4 Å². The number of carbonyl (C=O) groups excluding carboxylic acids is 3. The van der Waals surface area contributed by atoms with Crippen LogP contribution in [0.4, 0.5) is 5.69 Å². The van der Waals surface area contributed by atoms with Crippen LogP contribution in [0.3, 0.4) is 0 Å². The molecule has 3 aliphatic rings. The molecule has 28 heavy (non-hydrogen) atoms. The van der Waals surface area contributed by atoms with Crippen molar-refractivity contribution in [1.82, 2.24) is 0 Å². The fourth-order valence-electron chi connectivity index (χ4n) is 4.97. The predicted molar refractivity (Wildman–Crippen MR) is 113 cm³/mol. The number of halogens is 2. The van der Waals surface area contributed by atoms with Crippen molar-refractivity contribution in [2.45, 2.75) is 48.7 Å². The molecule has 5 nitrogen and oxygen atoms in total. The van der Waals surface area contributed by atoms with Crippen LogP contribution >= 0.6 is 31.9 Å². The molecule has 7 heteroatoms. The number of anilines is 1. The second-order valence-corrected chi connectivity index (χ2v) is 10.1. The Kier molecular flexibility index (Phi) is 5.67. The first kappa shape index (κ1) is 20.1. The number of ether oxygens (including phenoxy) is 1. The van der Waals surface area contributed by atoms with Crippen LogP contribution in [0, 0.1) is 23.7 Å². The molecular weight excluding hydrogens is 490 g/mol. The lowest BCUT2D eigenvalue weighted by molar-refractivity contribution is -0.134. The summed E-state index contributed by atoms with van der Waals surface area (Å²) in [6.45, 7) is 2.08. The quantitative estimate of drug-likeness (QED) is 0.186. The Morgan fingerprint density at radius 2 is 1.61 bits per heavy atom. The molecule has 1 aromatic carbocycles. The van der Waals surface area contributed by atoms with Gasteiger partial charge in [-0.2, -0.15) is 0 Å². The zero-order valence-electron chi connectivity index (χ0n) is 15.6. The van der Waals surface area contributed by atoms with E-state index in [0.717, 1.165) is 25.7 Å². The number of alkyl halides is 2. The Morgan fingerprint density at radius 1 is 1.04 bits per heavy atom. The SMILES string of the molecule is CCCCCC(=O)Oc1ccc(N2C(=O)[C@@H]3[C@@H]4C[C@H]([C@H](Br)[C@@H]4Br)[C@@H]3C2=O)cc1. The van der Waals surface area contributed by atoms with E-state index in [-0.39, 0.29) is 51.1 Å². The monoisotopic (exact) mass is 511 g/mol. The van der Waals surface area contributed by atoms with Gasteiger partial charge in [0, 0.05) is 16.1 Å². The summed E-state index contributed by atoms with van der Waals surface area (Å²) in [7, 11) is 0. The topological polar surface area (TPSA) is 63.7 Å². The maximum absolute atomic E-state index is 13.0. The van der Waals surface area contributed by atoms with Crippen LogP contribution in [0.15, 0.2) is 24.3 Å². The summed E-state index contributed by atoms with van der Waals surface area (Å²) in [6.07, 6.45) is 4.18. The van der Waals surface area contributed by atoms with Crippen molar-refractivity contribution in [3.8, 4) is 5.75 Å². The predicted octanol–water partition coefficient (Wildman–Crippen LogP) is 4.45. The molecule has 2 amide bonds. The van der Waals surface area contributed by atoms with E-state index >= 15 is 0 Å². The van der Waals surface area contributed by atoms with Gasteiger partial charge in [0.2, 0.25) is 11.8 Å². The minimum atomic E-state index is -0.257. The van der Waals surface area contributed by atoms with Crippen LogP contribution < -0.4 is 9.64 Å². The van der Waals surface area contributed by atoms with Crippen molar-refractivity contribution >= 4 is 55.3 Å². The largest absolute Gasteiger partial charge is 0.427 e. The first-order chi connectivity index (χ1) is 13.4. The standard InChI is InChI=1S/C21H23Br2NO4/c1-2-3-4-5-15(25)28-12-8-6-11(7-9-12)24-20(26)16-13-10-14(17(16)21(24)27)19(23)18(13)22/h6-9,13-14,16-19H,2-5,10H2,1H3/t13-,14-,16-,17+,18-,19+/m0/s1. The first-order valence-electron chi connectivity index (χ1n) is 9.90. The zero-order valence-corrected chi connectivity index (χ0v) is 18.8. The van der Waals surface area contributed by atoms with Gasteiger partial charge in [-0.25, -0.2) is 0 Å². The van der Waals surface area contributed by atoms with E-state index in [2.05, 4.69) is 38.8 Å². The number of amides is 2. The van der Waals surface area contributed by atoms with Gasteiger partial charge in [0.1, 0.15) is 5.75 Å². The highest BCUT2D eigenvalue weighted by Gasteiger charge is 2.66. The van der Waals surface area contributed by atoms with Crippen molar-refractivity contribution in [1.29, 1.82) is 0 Å². The van der Waals surface area contributed by atoms with E-state index in [4.69, 9.17) is 4.74 Å². The average molecular weight is 513 g/mol. The van der Waals surface area contributed by atoms with Crippen molar-refractivity contribution < 1.29 is 19.1 Å². The number of fused-ring (bicyclic) bond motifs is 5. The smallest absolute Gasteiger partial charge is 0.311 e. The van der Waals surface area contributed by atoms with Crippen LogP contribution in [0.1, 0.15) is 39.0 Å². The van der Waals surface area contributed by atoms with Crippen LogP contribution in [0.2, 0.25) is 0 Å². The second-order valence-electron chi connectivity index (χ2n) is 7.94. The second kappa shape index (κ2) is 7.90. The molecule has 1 heterocycles. The van der Waals surface area contributed by atoms with Crippen molar-refractivity contribution in [3.63, 3.8) is 0 Å². The Balaban J connectivity index is 1.46. The molecule has 1 aliphatic heterocycles. The Morgan fingerprint density at radius 3 is 2.14 bits per heavy atom. The van der Waals surface area contributed by atoms with Crippen LogP contribution in [-0.4, -0.2) is 27.4 Å². The molecule has 0 unspecified atom stereocenters. The summed E-state index contributed by atoms with van der Waals surface area (Å²) in [5.41, 5.74) is 0.548. The summed E-state index contributed by atoms with van der Waals surface area (Å²) >= 11 is 7.40. The molecule has 0 N–H and O–H groups in total. The Hall–Kier alpha value is -1.21. The van der Waals surface area contributed by atoms with Gasteiger partial charge in [0.05, 0.1) is 17.5 Å². The average Bonchev–Trinajstić information content (AvgIpc) is 3.28. The summed E-state index contributed by atoms with van der Waals surface area (Å²) in [4.78, 5) is 39.7. The molecule has 2 bridgehead atoms. The number of rotatable bonds is 6. The van der Waals surface area contributed by atoms with Gasteiger partial charge >= 0.3 is 5.97 Å². The van der Waals surface area contributed by atoms with Gasteiger partial charge in [0.25, 0.3) is 0 Å². The molecule has 150 valence electrons. The lowest BCUT2D eigenvalue weighted by atomic mass is 9.81. The number of imide groups is 1. The van der Waals surface area contributed by atoms with E-state index in [1.807, 2.05) is 0 Å². The fourth-order valence-corrected chi connectivity index (χ4v) is 6.84. The molecule has 3 fully saturated rings. The maximum Gasteiger partial charge on any atom is 0.311 e. The molecule has 6 atom stereocenters. The first-order valence-corrected chi connectivity index (χ1v) is 11.7. The minimum absolute atomic E-state index is 0.101. The lowest BCUT2D eigenvalue weighted by Crippen LogP contribution is -2.37. The molecule has 2 aliphatic carbocycles. The van der Waals surface area contributed by atoms with Gasteiger partial charge in [0.15, 0.2) is 0 Å². The Labute approximate surface area is 181 Å². The molecule has 0 aromatic heterocycles. The Bertz CT molecular complexity index is 764. The van der Waals surface area contributed by atoms with Crippen LogP contribution in [0.25, 0.3) is 0 Å². The number of carbonyl (C=O) groups is 3. The summed E-state index contributed by atoms with van der Waals surface area (Å²) in [5, 5.41) is 0. The highest BCUT2D eigenvalue weighted by atomic mass is 79.9. The fraction of sp³-hybridized carbons (Fsp3) is 0.571. The molecule has 4 rings (SSSR count). The molecule has 2 saturated carbocycles. The minimum Gasteiger partial charge on any atom is -0.427 e. The number of nitrogens with zero attached hydrogens (tertiary/aromatic N) is 1. The number of hydrogen-bond acceptors (Lipinski definition) is 4. The molecular formula is C21H23Br2NO4. The summed E-state index contributed by atoms with van der Waals surface area (Å²) in [5.74, 6) is -0.0869. The van der Waals surface area contributed by atoms with Gasteiger partial charge < -0.3 is 4.74 Å². The molecule has 1 aromatic rings. The zero-order chi connectivity index (χ0) is 20.0. The van der Waals surface area contributed by atoms with Gasteiger partial charge in [-0.15, -0.1) is 0 Å².